The number of nitrogens with zero attached hydrogens (tertiary/aromatic N) is 1. The maximum atomic E-state index is 11.8. The molecule has 0 heterocycles. The van der Waals surface area contributed by atoms with Crippen molar-refractivity contribution in [3.63, 3.8) is 0 Å². The van der Waals surface area contributed by atoms with Gasteiger partial charge in [0.25, 0.3) is 0 Å². The summed E-state index contributed by atoms with van der Waals surface area (Å²) < 4.78 is 5.12. The number of hydrogen-bond acceptors (Lipinski definition) is 4. The molecule has 0 bridgehead atoms. The fraction of sp³-hybridized carbons (Fsp3) is 0.467. The van der Waals surface area contributed by atoms with Gasteiger partial charge < -0.3 is 20.5 Å². The van der Waals surface area contributed by atoms with Gasteiger partial charge in [0.15, 0.2) is 6.61 Å². The highest BCUT2D eigenvalue weighted by atomic mass is 16.5. The lowest BCUT2D eigenvalue weighted by molar-refractivity contribution is 0.214. The normalized spacial score (nSPS) is 11.6. The molecule has 0 aliphatic carbocycles. The monoisotopic (exact) mass is 291 g/mol. The molecule has 1 rings (SSSR count). The van der Waals surface area contributed by atoms with Gasteiger partial charge >= 0.3 is 6.03 Å². The Kier molecular flexibility index (Phi) is 7.05. The Balaban J connectivity index is 2.48. The molecule has 0 fully saturated rings. The van der Waals surface area contributed by atoms with Gasteiger partial charge in [-0.3, -0.25) is 0 Å². The number of aliphatic hydroxyl groups excluding tert-OH is 1. The number of anilines is 1. The van der Waals surface area contributed by atoms with Gasteiger partial charge in [0.1, 0.15) is 11.8 Å². The van der Waals surface area contributed by atoms with Crippen molar-refractivity contribution < 1.29 is 14.6 Å². The van der Waals surface area contributed by atoms with Crippen molar-refractivity contribution in [1.82, 2.24) is 5.32 Å². The number of nitriles is 1. The van der Waals surface area contributed by atoms with Gasteiger partial charge in [-0.15, -0.1) is 0 Å². The average Bonchev–Trinajstić information content (AvgIpc) is 2.45. The number of benzene rings is 1. The number of carbonyl (C=O) groups is 1. The summed E-state index contributed by atoms with van der Waals surface area (Å²) in [5, 5.41) is 23.0. The number of rotatable bonds is 7. The van der Waals surface area contributed by atoms with Crippen LogP contribution >= 0.6 is 0 Å². The van der Waals surface area contributed by atoms with Crippen molar-refractivity contribution in [3.05, 3.63) is 24.3 Å². The molecular formula is C15H21N3O3. The standard InChI is InChI=1S/C15H21N3O3/c1-11(2)9-13(10-19)18-15(20)17-12-3-5-14(6-4-12)21-8-7-16/h3-6,11,13,19H,8-10H2,1-2H3,(H2,17,18,20). The molecular weight excluding hydrogens is 270 g/mol. The van der Waals surface area contributed by atoms with Crippen LogP contribution < -0.4 is 15.4 Å². The quantitative estimate of drug-likeness (QED) is 0.717. The Labute approximate surface area is 124 Å². The number of nitrogens with one attached hydrogen (secondary N) is 2. The molecule has 3 N–H and O–H groups in total. The third-order valence-electron chi connectivity index (χ3n) is 2.73. The molecule has 1 aromatic carbocycles. The molecule has 0 aromatic heterocycles. The molecule has 1 atom stereocenters. The van der Waals surface area contributed by atoms with E-state index in [0.29, 0.717) is 23.8 Å². The lowest BCUT2D eigenvalue weighted by Crippen LogP contribution is -2.40. The van der Waals surface area contributed by atoms with Crippen LogP contribution in [0.5, 0.6) is 5.75 Å². The van der Waals surface area contributed by atoms with Gasteiger partial charge in [-0.25, -0.2) is 4.79 Å². The molecule has 6 heteroatoms. The lowest BCUT2D eigenvalue weighted by atomic mass is 10.0. The molecule has 0 radical (unpaired) electrons. The molecule has 2 amide bonds. The smallest absolute Gasteiger partial charge is 0.319 e. The van der Waals surface area contributed by atoms with Crippen molar-refractivity contribution in [1.29, 1.82) is 5.26 Å². The summed E-state index contributed by atoms with van der Waals surface area (Å²) in [5.74, 6) is 0.953. The minimum atomic E-state index is -0.361. The van der Waals surface area contributed by atoms with E-state index in [0.717, 1.165) is 0 Å². The first-order valence-electron chi connectivity index (χ1n) is 6.83. The van der Waals surface area contributed by atoms with Crippen LogP contribution in [0.1, 0.15) is 20.3 Å². The number of urea groups is 1. The van der Waals surface area contributed by atoms with Gasteiger partial charge in [0.2, 0.25) is 0 Å². The number of ether oxygens (including phenoxy) is 1. The Morgan fingerprint density at radius 1 is 1.38 bits per heavy atom. The number of aliphatic hydroxyl groups is 1. The summed E-state index contributed by atoms with van der Waals surface area (Å²) in [6, 6.07) is 7.97. The first-order chi connectivity index (χ1) is 10.0. The second-order valence-corrected chi connectivity index (χ2v) is 5.08. The lowest BCUT2D eigenvalue weighted by Gasteiger charge is -2.18. The fourth-order valence-electron chi connectivity index (χ4n) is 1.85. The van der Waals surface area contributed by atoms with Gasteiger partial charge in [-0.1, -0.05) is 13.8 Å². The minimum Gasteiger partial charge on any atom is -0.479 e. The van der Waals surface area contributed by atoms with Crippen molar-refractivity contribution >= 4 is 11.7 Å². The molecule has 0 aliphatic rings. The van der Waals surface area contributed by atoms with E-state index in [4.69, 9.17) is 10.00 Å². The van der Waals surface area contributed by atoms with Crippen molar-refractivity contribution in [3.8, 4) is 11.8 Å². The second kappa shape index (κ2) is 8.82. The molecule has 1 unspecified atom stereocenters. The highest BCUT2D eigenvalue weighted by molar-refractivity contribution is 5.89. The highest BCUT2D eigenvalue weighted by Gasteiger charge is 2.12. The van der Waals surface area contributed by atoms with Crippen LogP contribution in [0.4, 0.5) is 10.5 Å². The summed E-state index contributed by atoms with van der Waals surface area (Å²) >= 11 is 0. The van der Waals surface area contributed by atoms with Crippen molar-refractivity contribution in [2.45, 2.75) is 26.3 Å². The summed E-state index contributed by atoms with van der Waals surface area (Å²) in [5.41, 5.74) is 0.609. The van der Waals surface area contributed by atoms with Gasteiger partial charge in [-0.05, 0) is 36.6 Å². The Morgan fingerprint density at radius 2 is 2.05 bits per heavy atom. The Hall–Kier alpha value is -2.26. The molecule has 21 heavy (non-hydrogen) atoms. The van der Waals surface area contributed by atoms with E-state index in [2.05, 4.69) is 10.6 Å². The zero-order valence-corrected chi connectivity index (χ0v) is 12.3. The van der Waals surface area contributed by atoms with Crippen LogP contribution in [0, 0.1) is 17.2 Å². The van der Waals surface area contributed by atoms with E-state index < -0.39 is 0 Å². The number of hydrogen-bond donors (Lipinski definition) is 3. The number of carbonyl (C=O) groups excluding carboxylic acids is 1. The minimum absolute atomic E-state index is 0.0133. The largest absolute Gasteiger partial charge is 0.479 e. The second-order valence-electron chi connectivity index (χ2n) is 5.08. The molecule has 0 spiro atoms. The topological polar surface area (TPSA) is 94.4 Å². The van der Waals surface area contributed by atoms with Gasteiger partial charge in [0, 0.05) is 5.69 Å². The maximum Gasteiger partial charge on any atom is 0.319 e. The van der Waals surface area contributed by atoms with Crippen LogP contribution in [0.3, 0.4) is 0 Å². The first kappa shape index (κ1) is 16.8. The average molecular weight is 291 g/mol. The summed E-state index contributed by atoms with van der Waals surface area (Å²) in [6.07, 6.45) is 0.713. The zero-order valence-electron chi connectivity index (χ0n) is 12.3. The first-order valence-corrected chi connectivity index (χ1v) is 6.83. The summed E-state index contributed by atoms with van der Waals surface area (Å²) in [4.78, 5) is 11.8. The van der Waals surface area contributed by atoms with Crippen LogP contribution in [0.2, 0.25) is 0 Å². The molecule has 114 valence electrons. The summed E-state index contributed by atoms with van der Waals surface area (Å²) in [7, 11) is 0. The third-order valence-corrected chi connectivity index (χ3v) is 2.73. The Morgan fingerprint density at radius 3 is 2.57 bits per heavy atom. The van der Waals surface area contributed by atoms with Crippen molar-refractivity contribution in [2.24, 2.45) is 5.92 Å². The van der Waals surface area contributed by atoms with E-state index >= 15 is 0 Å². The number of amides is 2. The summed E-state index contributed by atoms with van der Waals surface area (Å²) in [6.45, 7) is 3.96. The van der Waals surface area contributed by atoms with E-state index in [9.17, 15) is 9.90 Å². The Bertz CT molecular complexity index is 480. The van der Waals surface area contributed by atoms with Crippen molar-refractivity contribution in [2.75, 3.05) is 18.5 Å². The molecule has 6 nitrogen and oxygen atoms in total. The van der Waals surface area contributed by atoms with Gasteiger partial charge in [0.05, 0.1) is 12.6 Å². The highest BCUT2D eigenvalue weighted by Crippen LogP contribution is 2.15. The predicted molar refractivity (Wildman–Crippen MR) is 80.0 cm³/mol. The van der Waals surface area contributed by atoms with E-state index in [-0.39, 0.29) is 25.3 Å². The van der Waals surface area contributed by atoms with E-state index in [1.165, 1.54) is 0 Å². The fourth-order valence-corrected chi connectivity index (χ4v) is 1.85. The molecule has 1 aromatic rings. The molecule has 0 aliphatic heterocycles. The van der Waals surface area contributed by atoms with Crippen LogP contribution in [-0.2, 0) is 0 Å². The maximum absolute atomic E-state index is 11.8. The van der Waals surface area contributed by atoms with Crippen LogP contribution in [0.25, 0.3) is 0 Å². The molecule has 0 saturated carbocycles. The molecule has 0 saturated heterocycles. The van der Waals surface area contributed by atoms with Gasteiger partial charge in [-0.2, -0.15) is 5.26 Å². The van der Waals surface area contributed by atoms with E-state index in [1.54, 1.807) is 24.3 Å². The SMILES string of the molecule is CC(C)CC(CO)NC(=O)Nc1ccc(OCC#N)cc1. The van der Waals surface area contributed by atoms with E-state index in [1.807, 2.05) is 19.9 Å². The zero-order chi connectivity index (χ0) is 15.7. The van der Waals surface area contributed by atoms with Crippen LogP contribution in [0.15, 0.2) is 24.3 Å². The van der Waals surface area contributed by atoms with Crippen LogP contribution in [-0.4, -0.2) is 30.4 Å². The predicted octanol–water partition coefficient (Wildman–Crippen LogP) is 2.12. The third kappa shape index (κ3) is 6.63.